The Morgan fingerprint density at radius 1 is 0.926 bits per heavy atom. The van der Waals surface area contributed by atoms with E-state index < -0.39 is 6.10 Å². The van der Waals surface area contributed by atoms with Gasteiger partial charge >= 0.3 is 0 Å². The summed E-state index contributed by atoms with van der Waals surface area (Å²) >= 11 is 1.89. The van der Waals surface area contributed by atoms with Crippen LogP contribution < -0.4 is 5.73 Å². The molecule has 2 aromatic rings. The second-order valence-corrected chi connectivity index (χ2v) is 11.0. The monoisotopic (exact) mass is 387 g/mol. The number of hydrogen-bond acceptors (Lipinski definition) is 3. The summed E-state index contributed by atoms with van der Waals surface area (Å²) < 4.78 is 0. The molecule has 2 rings (SSSR count). The number of rotatable bonds is 9. The van der Waals surface area contributed by atoms with Gasteiger partial charge in [0.05, 0.1) is 6.10 Å². The molecule has 0 aliphatic rings. The molecule has 2 atom stereocenters. The Morgan fingerprint density at radius 2 is 1.52 bits per heavy atom. The first-order chi connectivity index (χ1) is 12.5. The average molecular weight is 388 g/mol. The molecule has 0 fully saturated rings. The summed E-state index contributed by atoms with van der Waals surface area (Å²) in [5.74, 6) is 0.676. The zero-order chi connectivity index (χ0) is 20.2. The van der Waals surface area contributed by atoms with Gasteiger partial charge in [-0.2, -0.15) is 0 Å². The fourth-order valence-electron chi connectivity index (χ4n) is 3.61. The molecule has 1 heterocycles. The van der Waals surface area contributed by atoms with Crippen LogP contribution in [0.5, 0.6) is 0 Å². The molecule has 0 amide bonds. The van der Waals surface area contributed by atoms with Crippen molar-refractivity contribution in [1.82, 2.24) is 0 Å². The van der Waals surface area contributed by atoms with Gasteiger partial charge in [0.2, 0.25) is 0 Å². The van der Waals surface area contributed by atoms with Gasteiger partial charge in [0.25, 0.3) is 0 Å². The van der Waals surface area contributed by atoms with E-state index in [1.807, 2.05) is 29.5 Å². The quantitative estimate of drug-likeness (QED) is 0.555. The summed E-state index contributed by atoms with van der Waals surface area (Å²) in [4.78, 5) is 2.80. The molecular formula is C24H37NOS. The lowest BCUT2D eigenvalue weighted by atomic mass is 9.70. The molecule has 0 aliphatic heterocycles. The number of aliphatic hydroxyl groups is 1. The van der Waals surface area contributed by atoms with Gasteiger partial charge < -0.3 is 10.8 Å². The van der Waals surface area contributed by atoms with E-state index >= 15 is 0 Å². The lowest BCUT2D eigenvalue weighted by molar-refractivity contribution is 0.00812. The van der Waals surface area contributed by atoms with E-state index in [2.05, 4.69) is 65.8 Å². The normalized spacial score (nSPS) is 15.1. The Morgan fingerprint density at radius 3 is 2.11 bits per heavy atom. The molecule has 3 N–H and O–H groups in total. The van der Waals surface area contributed by atoms with E-state index in [9.17, 15) is 5.11 Å². The molecule has 0 radical (unpaired) electrons. The number of hydrogen-bond donors (Lipinski definition) is 2. The Labute approximate surface area is 169 Å². The highest BCUT2D eigenvalue weighted by molar-refractivity contribution is 7.12. The van der Waals surface area contributed by atoms with Crippen LogP contribution in [0.4, 0.5) is 0 Å². The minimum Gasteiger partial charge on any atom is -0.393 e. The van der Waals surface area contributed by atoms with Gasteiger partial charge in [0.15, 0.2) is 0 Å². The molecule has 150 valence electrons. The van der Waals surface area contributed by atoms with Gasteiger partial charge in [-0.15, -0.1) is 11.3 Å². The number of aliphatic hydroxyl groups excluding tert-OH is 1. The summed E-state index contributed by atoms with van der Waals surface area (Å²) in [6.07, 6.45) is 2.30. The topological polar surface area (TPSA) is 46.2 Å². The maximum atomic E-state index is 11.1. The molecule has 0 unspecified atom stereocenters. The standard InChI is InChI=1S/C24H37NOS/c1-17(2)14-19-12-13-20(27-19)15-23(3,4)21(26)16-24(5,6)22(25)18-10-8-7-9-11-18/h7-13,17,21-22,26H,14-16,25H2,1-6H3/t21-,22-/m1/s1. The summed E-state index contributed by atoms with van der Waals surface area (Å²) in [7, 11) is 0. The summed E-state index contributed by atoms with van der Waals surface area (Å²) in [5, 5.41) is 11.1. The third kappa shape index (κ3) is 6.17. The highest BCUT2D eigenvalue weighted by Gasteiger charge is 2.36. The van der Waals surface area contributed by atoms with Crippen molar-refractivity contribution in [2.45, 2.75) is 73.0 Å². The van der Waals surface area contributed by atoms with Gasteiger partial charge in [-0.3, -0.25) is 0 Å². The Balaban J connectivity index is 2.03. The van der Waals surface area contributed by atoms with Gasteiger partial charge in [-0.05, 0) is 53.7 Å². The molecule has 1 aromatic heterocycles. The van der Waals surface area contributed by atoms with E-state index in [1.165, 1.54) is 9.75 Å². The predicted octanol–water partition coefficient (Wildman–Crippen LogP) is 5.99. The minimum absolute atomic E-state index is 0.0940. The lowest BCUT2D eigenvalue weighted by Crippen LogP contribution is -2.39. The van der Waals surface area contributed by atoms with Crippen LogP contribution in [0.1, 0.15) is 69.3 Å². The first kappa shape index (κ1) is 22.1. The largest absolute Gasteiger partial charge is 0.393 e. The lowest BCUT2D eigenvalue weighted by Gasteiger charge is -2.39. The van der Waals surface area contributed by atoms with Crippen LogP contribution in [0.15, 0.2) is 42.5 Å². The van der Waals surface area contributed by atoms with E-state index in [0.717, 1.165) is 18.4 Å². The fourth-order valence-corrected chi connectivity index (χ4v) is 5.08. The molecule has 27 heavy (non-hydrogen) atoms. The third-order valence-electron chi connectivity index (χ3n) is 5.58. The van der Waals surface area contributed by atoms with Crippen molar-refractivity contribution in [1.29, 1.82) is 0 Å². The smallest absolute Gasteiger partial charge is 0.0600 e. The van der Waals surface area contributed by atoms with Gasteiger partial charge in [0.1, 0.15) is 0 Å². The van der Waals surface area contributed by atoms with Gasteiger partial charge in [0, 0.05) is 15.8 Å². The van der Waals surface area contributed by atoms with Crippen LogP contribution in [-0.2, 0) is 12.8 Å². The van der Waals surface area contributed by atoms with Crippen molar-refractivity contribution in [2.75, 3.05) is 0 Å². The molecule has 0 bridgehead atoms. The molecule has 1 aromatic carbocycles. The minimum atomic E-state index is -0.405. The summed E-state index contributed by atoms with van der Waals surface area (Å²) in [5.41, 5.74) is 7.32. The molecule has 0 saturated carbocycles. The van der Waals surface area contributed by atoms with Crippen molar-refractivity contribution < 1.29 is 5.11 Å². The Bertz CT molecular complexity index is 702. The highest BCUT2D eigenvalue weighted by Crippen LogP contribution is 2.40. The Kier molecular flexibility index (Phi) is 7.29. The number of thiophene rings is 1. The highest BCUT2D eigenvalue weighted by atomic mass is 32.1. The van der Waals surface area contributed by atoms with Gasteiger partial charge in [-0.1, -0.05) is 71.9 Å². The SMILES string of the molecule is CC(C)Cc1ccc(CC(C)(C)[C@H](O)CC(C)(C)[C@H](N)c2ccccc2)s1. The van der Waals surface area contributed by atoms with Crippen LogP contribution in [0, 0.1) is 16.7 Å². The van der Waals surface area contributed by atoms with Crippen molar-refractivity contribution >= 4 is 11.3 Å². The summed E-state index contributed by atoms with van der Waals surface area (Å²) in [6.45, 7) is 13.2. The van der Waals surface area contributed by atoms with Crippen molar-refractivity contribution in [3.05, 3.63) is 57.8 Å². The van der Waals surface area contributed by atoms with Crippen LogP contribution in [0.3, 0.4) is 0 Å². The van der Waals surface area contributed by atoms with Crippen LogP contribution in [0.25, 0.3) is 0 Å². The molecule has 0 saturated heterocycles. The van der Waals surface area contributed by atoms with E-state index in [1.54, 1.807) is 0 Å². The third-order valence-corrected chi connectivity index (χ3v) is 6.69. The first-order valence-electron chi connectivity index (χ1n) is 10.1. The molecular weight excluding hydrogens is 350 g/mol. The maximum absolute atomic E-state index is 11.1. The number of benzene rings is 1. The Hall–Kier alpha value is -1.16. The average Bonchev–Trinajstić information content (AvgIpc) is 2.99. The second kappa shape index (κ2) is 8.89. The molecule has 0 aliphatic carbocycles. The van der Waals surface area contributed by atoms with Crippen molar-refractivity contribution in [2.24, 2.45) is 22.5 Å². The second-order valence-electron chi connectivity index (χ2n) is 9.73. The van der Waals surface area contributed by atoms with E-state index in [0.29, 0.717) is 12.3 Å². The van der Waals surface area contributed by atoms with Crippen molar-refractivity contribution in [3.8, 4) is 0 Å². The molecule has 2 nitrogen and oxygen atoms in total. The van der Waals surface area contributed by atoms with E-state index in [-0.39, 0.29) is 16.9 Å². The van der Waals surface area contributed by atoms with E-state index in [4.69, 9.17) is 5.73 Å². The van der Waals surface area contributed by atoms with Crippen LogP contribution in [0.2, 0.25) is 0 Å². The van der Waals surface area contributed by atoms with Crippen LogP contribution >= 0.6 is 11.3 Å². The number of nitrogens with two attached hydrogens (primary N) is 1. The zero-order valence-electron chi connectivity index (χ0n) is 17.8. The molecule has 0 spiro atoms. The first-order valence-corrected chi connectivity index (χ1v) is 10.9. The molecule has 3 heteroatoms. The van der Waals surface area contributed by atoms with Crippen molar-refractivity contribution in [3.63, 3.8) is 0 Å². The maximum Gasteiger partial charge on any atom is 0.0600 e. The zero-order valence-corrected chi connectivity index (χ0v) is 18.6. The van der Waals surface area contributed by atoms with Gasteiger partial charge in [-0.25, -0.2) is 0 Å². The summed E-state index contributed by atoms with van der Waals surface area (Å²) in [6, 6.07) is 14.6. The predicted molar refractivity (Wildman–Crippen MR) is 118 cm³/mol. The fraction of sp³-hybridized carbons (Fsp3) is 0.583. The van der Waals surface area contributed by atoms with Crippen LogP contribution in [-0.4, -0.2) is 11.2 Å².